The molecule has 0 spiro atoms. The van der Waals surface area contributed by atoms with Crippen LogP contribution in [0.5, 0.6) is 0 Å². The van der Waals surface area contributed by atoms with Gasteiger partial charge >= 0.3 is 12.0 Å². The van der Waals surface area contributed by atoms with Crippen molar-refractivity contribution in [3.8, 4) is 22.5 Å². The Balaban J connectivity index is 1.24. The van der Waals surface area contributed by atoms with Crippen LogP contribution in [-0.4, -0.2) is 28.6 Å². The molecule has 0 radical (unpaired) electrons. The topological polar surface area (TPSA) is 96.1 Å². The molecule has 178 valence electrons. The number of benzene rings is 4. The molecule has 7 heteroatoms. The van der Waals surface area contributed by atoms with Gasteiger partial charge in [0.05, 0.1) is 23.2 Å². The Morgan fingerprint density at radius 3 is 2.14 bits per heavy atom. The third-order valence-corrected chi connectivity index (χ3v) is 5.66. The van der Waals surface area contributed by atoms with Crippen LogP contribution in [0, 0.1) is 0 Å². The molecule has 5 aromatic rings. The number of rotatable bonds is 6. The number of aromatic nitrogens is 2. The average Bonchev–Trinajstić information content (AvgIpc) is 3.34. The van der Waals surface area contributed by atoms with E-state index in [4.69, 9.17) is 4.74 Å². The van der Waals surface area contributed by atoms with Gasteiger partial charge in [-0.3, -0.25) is 0 Å². The molecule has 0 aliphatic heterocycles. The van der Waals surface area contributed by atoms with E-state index in [1.165, 1.54) is 0 Å². The van der Waals surface area contributed by atoms with Crippen molar-refractivity contribution < 1.29 is 14.3 Å². The predicted octanol–water partition coefficient (Wildman–Crippen LogP) is 6.72. The molecule has 0 fully saturated rings. The minimum atomic E-state index is -0.392. The average molecular weight is 477 g/mol. The molecule has 4 aromatic carbocycles. The number of fused-ring (bicyclic) bond motifs is 1. The third kappa shape index (κ3) is 5.10. The number of amides is 2. The van der Waals surface area contributed by atoms with E-state index >= 15 is 0 Å². The zero-order chi connectivity index (χ0) is 24.9. The third-order valence-electron chi connectivity index (χ3n) is 5.66. The summed E-state index contributed by atoms with van der Waals surface area (Å²) in [4.78, 5) is 32.2. The number of hydrogen-bond donors (Lipinski definition) is 3. The molecule has 36 heavy (non-hydrogen) atoms. The quantitative estimate of drug-likeness (QED) is 0.237. The van der Waals surface area contributed by atoms with E-state index in [1.807, 2.05) is 66.7 Å². The number of carbonyl (C=O) groups is 2. The van der Waals surface area contributed by atoms with Crippen molar-refractivity contribution in [2.45, 2.75) is 6.92 Å². The Labute approximate surface area is 208 Å². The first kappa shape index (κ1) is 22.9. The van der Waals surface area contributed by atoms with Crippen LogP contribution >= 0.6 is 0 Å². The monoisotopic (exact) mass is 476 g/mol. The van der Waals surface area contributed by atoms with Crippen LogP contribution in [0.15, 0.2) is 97.1 Å². The van der Waals surface area contributed by atoms with Gasteiger partial charge in [0.15, 0.2) is 0 Å². The van der Waals surface area contributed by atoms with E-state index in [0.29, 0.717) is 23.5 Å². The van der Waals surface area contributed by atoms with Gasteiger partial charge in [-0.1, -0.05) is 42.5 Å². The highest BCUT2D eigenvalue weighted by Gasteiger charge is 2.09. The van der Waals surface area contributed by atoms with Crippen LogP contribution < -0.4 is 10.6 Å². The van der Waals surface area contributed by atoms with Crippen LogP contribution in [0.4, 0.5) is 16.2 Å². The summed E-state index contributed by atoms with van der Waals surface area (Å²) in [6, 6.07) is 29.9. The maximum absolute atomic E-state index is 12.4. The standard InChI is InChI=1S/C29H24N4O3/c1-2-36-28(34)20-12-16-24(17-13-20)31-29(35)30-23-14-10-19(11-15-23)21-6-5-7-22(18-21)27-32-25-8-3-4-9-26(25)33-27/h3-18H,2H2,1H3,(H,32,33)(H2,30,31,35). The summed E-state index contributed by atoms with van der Waals surface area (Å²) in [6.07, 6.45) is 0. The second kappa shape index (κ2) is 10.1. The van der Waals surface area contributed by atoms with Gasteiger partial charge in [-0.25, -0.2) is 14.6 Å². The van der Waals surface area contributed by atoms with Gasteiger partial charge in [0.1, 0.15) is 5.82 Å². The summed E-state index contributed by atoms with van der Waals surface area (Å²) in [6.45, 7) is 2.07. The predicted molar refractivity (Wildman–Crippen MR) is 142 cm³/mol. The lowest BCUT2D eigenvalue weighted by molar-refractivity contribution is 0.0526. The number of nitrogens with one attached hydrogen (secondary N) is 3. The van der Waals surface area contributed by atoms with Crippen LogP contribution in [-0.2, 0) is 4.74 Å². The summed E-state index contributed by atoms with van der Waals surface area (Å²) >= 11 is 0. The van der Waals surface area contributed by atoms with Gasteiger partial charge in [0.25, 0.3) is 0 Å². The van der Waals surface area contributed by atoms with E-state index in [2.05, 4.69) is 26.7 Å². The maximum Gasteiger partial charge on any atom is 0.338 e. The molecular formula is C29H24N4O3. The number of carbonyl (C=O) groups excluding carboxylic acids is 2. The molecule has 0 bridgehead atoms. The number of aromatic amines is 1. The van der Waals surface area contributed by atoms with Crippen molar-refractivity contribution in [2.75, 3.05) is 17.2 Å². The molecule has 3 N–H and O–H groups in total. The minimum absolute atomic E-state index is 0.312. The number of esters is 1. The lowest BCUT2D eigenvalue weighted by Crippen LogP contribution is -2.19. The van der Waals surface area contributed by atoms with Crippen molar-refractivity contribution in [2.24, 2.45) is 0 Å². The summed E-state index contributed by atoms with van der Waals surface area (Å²) < 4.78 is 4.97. The van der Waals surface area contributed by atoms with Crippen molar-refractivity contribution >= 4 is 34.4 Å². The van der Waals surface area contributed by atoms with Crippen molar-refractivity contribution in [3.05, 3.63) is 103 Å². The highest BCUT2D eigenvalue weighted by atomic mass is 16.5. The fourth-order valence-corrected chi connectivity index (χ4v) is 3.88. The summed E-state index contributed by atoms with van der Waals surface area (Å²) in [7, 11) is 0. The van der Waals surface area contributed by atoms with E-state index < -0.39 is 5.97 Å². The number of anilines is 2. The number of ether oxygens (including phenoxy) is 1. The Hall–Kier alpha value is -4.91. The first-order chi connectivity index (χ1) is 17.6. The number of hydrogen-bond acceptors (Lipinski definition) is 4. The Morgan fingerprint density at radius 1 is 0.778 bits per heavy atom. The minimum Gasteiger partial charge on any atom is -0.462 e. The molecule has 0 unspecified atom stereocenters. The van der Waals surface area contributed by atoms with Gasteiger partial charge in [-0.15, -0.1) is 0 Å². The smallest absolute Gasteiger partial charge is 0.338 e. The van der Waals surface area contributed by atoms with Crippen molar-refractivity contribution in [1.82, 2.24) is 9.97 Å². The summed E-state index contributed by atoms with van der Waals surface area (Å²) in [5, 5.41) is 5.58. The molecule has 1 heterocycles. The molecule has 0 saturated heterocycles. The highest BCUT2D eigenvalue weighted by molar-refractivity contribution is 6.00. The fourth-order valence-electron chi connectivity index (χ4n) is 3.88. The Bertz CT molecular complexity index is 1490. The van der Waals surface area contributed by atoms with Crippen molar-refractivity contribution in [1.29, 1.82) is 0 Å². The lowest BCUT2D eigenvalue weighted by Gasteiger charge is -2.10. The van der Waals surface area contributed by atoms with Gasteiger partial charge in [-0.2, -0.15) is 0 Å². The van der Waals surface area contributed by atoms with Crippen LogP contribution in [0.3, 0.4) is 0 Å². The fraction of sp³-hybridized carbons (Fsp3) is 0.0690. The highest BCUT2D eigenvalue weighted by Crippen LogP contribution is 2.27. The zero-order valence-corrected chi connectivity index (χ0v) is 19.6. The van der Waals surface area contributed by atoms with Gasteiger partial charge in [0.2, 0.25) is 0 Å². The van der Waals surface area contributed by atoms with E-state index in [0.717, 1.165) is 33.5 Å². The molecule has 0 saturated carbocycles. The number of urea groups is 1. The Kier molecular flexibility index (Phi) is 6.44. The van der Waals surface area contributed by atoms with Crippen LogP contribution in [0.2, 0.25) is 0 Å². The maximum atomic E-state index is 12.4. The van der Waals surface area contributed by atoms with Gasteiger partial charge in [0, 0.05) is 16.9 Å². The molecule has 1 aromatic heterocycles. The molecule has 0 aliphatic carbocycles. The van der Waals surface area contributed by atoms with Crippen LogP contribution in [0.1, 0.15) is 17.3 Å². The Morgan fingerprint density at radius 2 is 1.44 bits per heavy atom. The molecule has 0 aliphatic rings. The molecule has 7 nitrogen and oxygen atoms in total. The second-order valence-corrected chi connectivity index (χ2v) is 8.14. The largest absolute Gasteiger partial charge is 0.462 e. The van der Waals surface area contributed by atoms with Gasteiger partial charge < -0.3 is 20.4 Å². The van der Waals surface area contributed by atoms with Crippen LogP contribution in [0.25, 0.3) is 33.5 Å². The number of H-pyrrole nitrogens is 1. The summed E-state index contributed by atoms with van der Waals surface area (Å²) in [5.41, 5.74) is 6.66. The SMILES string of the molecule is CCOC(=O)c1ccc(NC(=O)Nc2ccc(-c3cccc(-c4nc5ccccc5[nH]4)c3)cc2)cc1. The number of imidazole rings is 1. The normalized spacial score (nSPS) is 10.7. The molecule has 0 atom stereocenters. The van der Waals surface area contributed by atoms with Gasteiger partial charge in [-0.05, 0) is 72.6 Å². The summed E-state index contributed by atoms with van der Waals surface area (Å²) in [5.74, 6) is 0.431. The van der Waals surface area contributed by atoms with E-state index in [9.17, 15) is 9.59 Å². The second-order valence-electron chi connectivity index (χ2n) is 8.14. The number of para-hydroxylation sites is 2. The first-order valence-electron chi connectivity index (χ1n) is 11.6. The zero-order valence-electron chi connectivity index (χ0n) is 19.6. The van der Waals surface area contributed by atoms with Crippen molar-refractivity contribution in [3.63, 3.8) is 0 Å². The van der Waals surface area contributed by atoms with E-state index in [1.54, 1.807) is 31.2 Å². The molecule has 2 amide bonds. The number of nitrogens with zero attached hydrogens (tertiary/aromatic N) is 1. The lowest BCUT2D eigenvalue weighted by atomic mass is 10.0. The molecule has 5 rings (SSSR count). The first-order valence-corrected chi connectivity index (χ1v) is 11.6. The molecular weight excluding hydrogens is 452 g/mol. The van der Waals surface area contributed by atoms with E-state index in [-0.39, 0.29) is 6.03 Å².